The molecule has 0 amide bonds. The van der Waals surface area contributed by atoms with Crippen molar-refractivity contribution in [1.82, 2.24) is 0 Å². The number of carbonyl (C=O) groups is 2. The highest BCUT2D eigenvalue weighted by Crippen LogP contribution is 2.16. The van der Waals surface area contributed by atoms with Crippen molar-refractivity contribution in [2.24, 2.45) is 11.8 Å². The number of hydrogen-bond donors (Lipinski definition) is 0. The highest BCUT2D eigenvalue weighted by atomic mass is 16.1. The summed E-state index contributed by atoms with van der Waals surface area (Å²) in [7, 11) is 0. The molecule has 0 saturated carbocycles. The molecule has 0 fully saturated rings. The Kier molecular flexibility index (Phi) is 5.26. The average molecular weight is 294 g/mol. The second-order valence-corrected chi connectivity index (χ2v) is 6.05. The Morgan fingerprint density at radius 2 is 1.36 bits per heavy atom. The van der Waals surface area contributed by atoms with E-state index in [1.54, 1.807) is 0 Å². The van der Waals surface area contributed by atoms with Crippen LogP contribution < -0.4 is 0 Å². The SMILES string of the molecule is CC(C)C(=O)[C@@H](C)Cc1ccc(C(=O)c2ccccc2)cc1. The van der Waals surface area contributed by atoms with Crippen LogP contribution in [0.1, 0.15) is 42.3 Å². The zero-order valence-electron chi connectivity index (χ0n) is 13.4. The lowest BCUT2D eigenvalue weighted by molar-refractivity contribution is -0.125. The lowest BCUT2D eigenvalue weighted by Crippen LogP contribution is -2.19. The molecule has 0 aliphatic heterocycles. The Morgan fingerprint density at radius 3 is 1.91 bits per heavy atom. The summed E-state index contributed by atoms with van der Waals surface area (Å²) in [5.74, 6) is 0.382. The van der Waals surface area contributed by atoms with Gasteiger partial charge in [-0.05, 0) is 12.0 Å². The number of hydrogen-bond acceptors (Lipinski definition) is 2. The molecule has 114 valence electrons. The maximum absolute atomic E-state index is 12.3. The average Bonchev–Trinajstić information content (AvgIpc) is 2.54. The van der Waals surface area contributed by atoms with Gasteiger partial charge in [-0.25, -0.2) is 0 Å². The van der Waals surface area contributed by atoms with E-state index in [9.17, 15) is 9.59 Å². The van der Waals surface area contributed by atoms with Gasteiger partial charge in [-0.3, -0.25) is 9.59 Å². The van der Waals surface area contributed by atoms with Crippen LogP contribution in [0.5, 0.6) is 0 Å². The van der Waals surface area contributed by atoms with E-state index in [1.807, 2.05) is 75.4 Å². The van der Waals surface area contributed by atoms with E-state index in [1.165, 1.54) is 0 Å². The Balaban J connectivity index is 2.08. The summed E-state index contributed by atoms with van der Waals surface area (Å²) in [4.78, 5) is 24.3. The molecule has 0 spiro atoms. The van der Waals surface area contributed by atoms with Crippen molar-refractivity contribution in [2.75, 3.05) is 0 Å². The fourth-order valence-electron chi connectivity index (χ4n) is 2.57. The highest BCUT2D eigenvalue weighted by molar-refractivity contribution is 6.08. The molecule has 2 rings (SSSR count). The van der Waals surface area contributed by atoms with Crippen LogP contribution in [-0.2, 0) is 11.2 Å². The molecule has 0 heterocycles. The van der Waals surface area contributed by atoms with Gasteiger partial charge in [0.25, 0.3) is 0 Å². The molecule has 22 heavy (non-hydrogen) atoms. The lowest BCUT2D eigenvalue weighted by atomic mass is 9.90. The first-order valence-corrected chi connectivity index (χ1v) is 7.71. The predicted molar refractivity (Wildman–Crippen MR) is 89.0 cm³/mol. The van der Waals surface area contributed by atoms with Crippen LogP contribution >= 0.6 is 0 Å². The Hall–Kier alpha value is -2.22. The van der Waals surface area contributed by atoms with Crippen molar-refractivity contribution in [2.45, 2.75) is 27.2 Å². The minimum atomic E-state index is 0.00988. The van der Waals surface area contributed by atoms with Crippen molar-refractivity contribution < 1.29 is 9.59 Å². The molecule has 0 N–H and O–H groups in total. The number of ketones is 2. The summed E-state index contributed by atoms with van der Waals surface area (Å²) < 4.78 is 0. The third-order valence-electron chi connectivity index (χ3n) is 3.85. The van der Waals surface area contributed by atoms with Crippen LogP contribution in [-0.4, -0.2) is 11.6 Å². The quantitative estimate of drug-likeness (QED) is 0.743. The number of carbonyl (C=O) groups excluding carboxylic acids is 2. The third kappa shape index (κ3) is 3.91. The molecule has 2 nitrogen and oxygen atoms in total. The summed E-state index contributed by atoms with van der Waals surface area (Å²) >= 11 is 0. The minimum absolute atomic E-state index is 0.00988. The Labute approximate surface area is 132 Å². The first-order valence-electron chi connectivity index (χ1n) is 7.71. The number of rotatable bonds is 6. The molecule has 0 aliphatic rings. The highest BCUT2D eigenvalue weighted by Gasteiger charge is 2.17. The van der Waals surface area contributed by atoms with Crippen molar-refractivity contribution >= 4 is 11.6 Å². The summed E-state index contributed by atoms with van der Waals surface area (Å²) in [5, 5.41) is 0. The van der Waals surface area contributed by atoms with Crippen LogP contribution in [0.2, 0.25) is 0 Å². The van der Waals surface area contributed by atoms with Crippen LogP contribution in [0.3, 0.4) is 0 Å². The standard InChI is InChI=1S/C20H22O2/c1-14(2)19(21)15(3)13-16-9-11-18(12-10-16)20(22)17-7-5-4-6-8-17/h4-12,14-15H,13H2,1-3H3/t15-/m0/s1. The molecule has 2 heteroatoms. The van der Waals surface area contributed by atoms with Gasteiger partial charge < -0.3 is 0 Å². The van der Waals surface area contributed by atoms with Gasteiger partial charge in [0.15, 0.2) is 5.78 Å². The van der Waals surface area contributed by atoms with Gasteiger partial charge in [0, 0.05) is 23.0 Å². The van der Waals surface area contributed by atoms with Gasteiger partial charge in [0.2, 0.25) is 0 Å². The van der Waals surface area contributed by atoms with E-state index >= 15 is 0 Å². The summed E-state index contributed by atoms with van der Waals surface area (Å²) in [5.41, 5.74) is 2.46. The third-order valence-corrected chi connectivity index (χ3v) is 3.85. The predicted octanol–water partition coefficient (Wildman–Crippen LogP) is 4.32. The summed E-state index contributed by atoms with van der Waals surface area (Å²) in [6.45, 7) is 5.83. The van der Waals surface area contributed by atoms with Gasteiger partial charge in [0.05, 0.1) is 0 Å². The monoisotopic (exact) mass is 294 g/mol. The van der Waals surface area contributed by atoms with Crippen LogP contribution in [0, 0.1) is 11.8 Å². The van der Waals surface area contributed by atoms with Crippen LogP contribution in [0.4, 0.5) is 0 Å². The molecule has 0 aromatic heterocycles. The van der Waals surface area contributed by atoms with E-state index in [0.717, 1.165) is 12.0 Å². The normalized spacial score (nSPS) is 12.2. The van der Waals surface area contributed by atoms with Gasteiger partial charge in [0.1, 0.15) is 5.78 Å². The van der Waals surface area contributed by atoms with Gasteiger partial charge in [-0.2, -0.15) is 0 Å². The fourth-order valence-corrected chi connectivity index (χ4v) is 2.57. The Morgan fingerprint density at radius 1 is 0.818 bits per heavy atom. The lowest BCUT2D eigenvalue weighted by Gasteiger charge is -2.13. The minimum Gasteiger partial charge on any atom is -0.299 e. The van der Waals surface area contributed by atoms with E-state index < -0.39 is 0 Å². The number of benzene rings is 2. The molecule has 0 bridgehead atoms. The molecular weight excluding hydrogens is 272 g/mol. The topological polar surface area (TPSA) is 34.1 Å². The summed E-state index contributed by atoms with van der Waals surface area (Å²) in [6.07, 6.45) is 0.719. The maximum Gasteiger partial charge on any atom is 0.193 e. The van der Waals surface area contributed by atoms with Gasteiger partial charge >= 0.3 is 0 Å². The maximum atomic E-state index is 12.3. The van der Waals surface area contributed by atoms with Gasteiger partial charge in [-0.1, -0.05) is 75.4 Å². The second kappa shape index (κ2) is 7.17. The molecule has 0 saturated heterocycles. The Bertz CT molecular complexity index is 639. The van der Waals surface area contributed by atoms with Crippen molar-refractivity contribution in [3.05, 3.63) is 71.3 Å². The molecule has 2 aromatic carbocycles. The van der Waals surface area contributed by atoms with Gasteiger partial charge in [-0.15, -0.1) is 0 Å². The van der Waals surface area contributed by atoms with Crippen LogP contribution in [0.15, 0.2) is 54.6 Å². The zero-order valence-corrected chi connectivity index (χ0v) is 13.4. The molecule has 2 aromatic rings. The fraction of sp³-hybridized carbons (Fsp3) is 0.300. The summed E-state index contributed by atoms with van der Waals surface area (Å²) in [6, 6.07) is 16.8. The largest absolute Gasteiger partial charge is 0.299 e. The van der Waals surface area contributed by atoms with Crippen molar-refractivity contribution in [3.8, 4) is 0 Å². The van der Waals surface area contributed by atoms with Crippen molar-refractivity contribution in [1.29, 1.82) is 0 Å². The molecule has 0 aliphatic carbocycles. The van der Waals surface area contributed by atoms with E-state index in [-0.39, 0.29) is 23.4 Å². The molecule has 0 unspecified atom stereocenters. The van der Waals surface area contributed by atoms with E-state index in [4.69, 9.17) is 0 Å². The molecule has 1 atom stereocenters. The second-order valence-electron chi connectivity index (χ2n) is 6.05. The smallest absolute Gasteiger partial charge is 0.193 e. The van der Waals surface area contributed by atoms with E-state index in [2.05, 4.69) is 0 Å². The van der Waals surface area contributed by atoms with Crippen LogP contribution in [0.25, 0.3) is 0 Å². The zero-order chi connectivity index (χ0) is 16.1. The van der Waals surface area contributed by atoms with E-state index in [0.29, 0.717) is 11.1 Å². The first kappa shape index (κ1) is 16.2. The first-order chi connectivity index (χ1) is 10.5. The molecule has 0 radical (unpaired) electrons. The molecular formula is C20H22O2. The number of Topliss-reactive ketones (excluding diaryl/α,β-unsaturated/α-hetero) is 1. The van der Waals surface area contributed by atoms with Crippen molar-refractivity contribution in [3.63, 3.8) is 0 Å².